The Hall–Kier alpha value is -2.93. The number of nitrogens with zero attached hydrogens (tertiary/aromatic N) is 3. The van der Waals surface area contributed by atoms with Crippen molar-refractivity contribution in [1.29, 1.82) is 0 Å². The third-order valence-corrected chi connectivity index (χ3v) is 5.98. The predicted molar refractivity (Wildman–Crippen MR) is 127 cm³/mol. The Balaban J connectivity index is 1.67. The van der Waals surface area contributed by atoms with Crippen LogP contribution in [-0.2, 0) is 9.53 Å². The number of nitro groups is 1. The first-order valence-corrected chi connectivity index (χ1v) is 11.3. The number of rotatable bonds is 9. The van der Waals surface area contributed by atoms with Gasteiger partial charge in [-0.15, -0.1) is 0 Å². The van der Waals surface area contributed by atoms with Crippen LogP contribution in [0.2, 0.25) is 0 Å². The van der Waals surface area contributed by atoms with Crippen LogP contribution in [0.15, 0.2) is 59.4 Å². The van der Waals surface area contributed by atoms with E-state index in [9.17, 15) is 14.9 Å². The monoisotopic (exact) mass is 439 g/mol. The highest BCUT2D eigenvalue weighted by atomic mass is 16.6. The number of piperazine rings is 1. The topological polar surface area (TPSA) is 75.9 Å². The van der Waals surface area contributed by atoms with E-state index in [0.717, 1.165) is 55.9 Å². The van der Waals surface area contributed by atoms with E-state index in [1.54, 1.807) is 12.1 Å². The summed E-state index contributed by atoms with van der Waals surface area (Å²) in [6.07, 6.45) is 8.14. The summed E-state index contributed by atoms with van der Waals surface area (Å²) >= 11 is 0. The molecule has 0 radical (unpaired) electrons. The summed E-state index contributed by atoms with van der Waals surface area (Å²) in [5, 5.41) is 10.9. The standard InChI is InChI=1S/C25H33N3O4/c1-4-15-32-25-16-20(19(2)3)5-6-21(24(25)18-29)17-26-11-13-27(14-12-26)22-7-9-23(10-8-22)28(30)31/h5-10,16,18-19,24H,4,11-15,17H2,1-3H3. The van der Waals surface area contributed by atoms with Crippen LogP contribution in [0, 0.1) is 22.0 Å². The molecule has 32 heavy (non-hydrogen) atoms. The molecule has 0 saturated carbocycles. The average molecular weight is 440 g/mol. The van der Waals surface area contributed by atoms with E-state index in [-0.39, 0.29) is 16.5 Å². The highest BCUT2D eigenvalue weighted by Crippen LogP contribution is 2.29. The van der Waals surface area contributed by atoms with Crippen molar-refractivity contribution in [3.63, 3.8) is 0 Å². The molecule has 7 heteroatoms. The van der Waals surface area contributed by atoms with Crippen molar-refractivity contribution in [3.8, 4) is 0 Å². The fraction of sp³-hybridized carbons (Fsp3) is 0.480. The molecule has 1 aromatic carbocycles. The first kappa shape index (κ1) is 23.7. The second-order valence-corrected chi connectivity index (χ2v) is 8.61. The van der Waals surface area contributed by atoms with E-state index in [0.29, 0.717) is 19.1 Å². The Morgan fingerprint density at radius 2 is 1.84 bits per heavy atom. The largest absolute Gasteiger partial charge is 0.497 e. The number of non-ortho nitro benzene ring substituents is 1. The van der Waals surface area contributed by atoms with Crippen molar-refractivity contribution < 1.29 is 14.5 Å². The zero-order chi connectivity index (χ0) is 23.1. The highest BCUT2D eigenvalue weighted by Gasteiger charge is 2.26. The van der Waals surface area contributed by atoms with E-state index in [1.807, 2.05) is 18.2 Å². The summed E-state index contributed by atoms with van der Waals surface area (Å²) in [6.45, 7) is 11.0. The number of aldehydes is 1. The van der Waals surface area contributed by atoms with Gasteiger partial charge in [-0.25, -0.2) is 0 Å². The van der Waals surface area contributed by atoms with Crippen molar-refractivity contribution in [2.24, 2.45) is 11.8 Å². The van der Waals surface area contributed by atoms with Gasteiger partial charge in [0.25, 0.3) is 5.69 Å². The number of carbonyl (C=O) groups excluding carboxylic acids is 1. The molecular weight excluding hydrogens is 406 g/mol. The molecule has 2 aliphatic rings. The number of benzene rings is 1. The van der Waals surface area contributed by atoms with Gasteiger partial charge < -0.3 is 14.4 Å². The number of nitro benzene ring substituents is 1. The van der Waals surface area contributed by atoms with Crippen LogP contribution in [0.25, 0.3) is 0 Å². The molecule has 0 N–H and O–H groups in total. The minimum atomic E-state index is -0.377. The van der Waals surface area contributed by atoms with Crippen molar-refractivity contribution in [2.45, 2.75) is 27.2 Å². The fourth-order valence-electron chi connectivity index (χ4n) is 4.02. The fourth-order valence-corrected chi connectivity index (χ4v) is 4.02. The van der Waals surface area contributed by atoms with Gasteiger partial charge in [0.1, 0.15) is 12.0 Å². The smallest absolute Gasteiger partial charge is 0.269 e. The lowest BCUT2D eigenvalue weighted by Crippen LogP contribution is -2.47. The molecular formula is C25H33N3O4. The van der Waals surface area contributed by atoms with Crippen molar-refractivity contribution in [3.05, 3.63) is 69.5 Å². The van der Waals surface area contributed by atoms with Gasteiger partial charge in [-0.2, -0.15) is 0 Å². The van der Waals surface area contributed by atoms with Gasteiger partial charge in [-0.05, 0) is 41.7 Å². The maximum Gasteiger partial charge on any atom is 0.269 e. The van der Waals surface area contributed by atoms with Crippen LogP contribution >= 0.6 is 0 Å². The molecule has 0 bridgehead atoms. The van der Waals surface area contributed by atoms with Gasteiger partial charge in [-0.3, -0.25) is 15.0 Å². The lowest BCUT2D eigenvalue weighted by atomic mass is 9.97. The van der Waals surface area contributed by atoms with E-state index in [4.69, 9.17) is 4.74 Å². The Morgan fingerprint density at radius 3 is 2.41 bits per heavy atom. The van der Waals surface area contributed by atoms with Crippen LogP contribution in [-0.4, -0.2) is 55.4 Å². The summed E-state index contributed by atoms with van der Waals surface area (Å²) in [5.74, 6) is 0.736. The molecule has 1 aliphatic heterocycles. The highest BCUT2D eigenvalue weighted by molar-refractivity contribution is 5.65. The molecule has 0 amide bonds. The Morgan fingerprint density at radius 1 is 1.16 bits per heavy atom. The van der Waals surface area contributed by atoms with E-state index in [2.05, 4.69) is 42.7 Å². The number of carbonyl (C=O) groups is 1. The van der Waals surface area contributed by atoms with Gasteiger partial charge in [0, 0.05) is 50.5 Å². The third kappa shape index (κ3) is 5.85. The summed E-state index contributed by atoms with van der Waals surface area (Å²) in [5.41, 5.74) is 3.33. The van der Waals surface area contributed by atoms with Crippen LogP contribution in [0.1, 0.15) is 27.2 Å². The summed E-state index contributed by atoms with van der Waals surface area (Å²) in [6, 6.07) is 6.72. The van der Waals surface area contributed by atoms with Crippen LogP contribution < -0.4 is 4.90 Å². The third-order valence-electron chi connectivity index (χ3n) is 5.98. The molecule has 0 aromatic heterocycles. The zero-order valence-electron chi connectivity index (χ0n) is 19.2. The molecule has 1 atom stereocenters. The first-order valence-electron chi connectivity index (χ1n) is 11.3. The molecule has 3 rings (SSSR count). The summed E-state index contributed by atoms with van der Waals surface area (Å²) in [4.78, 5) is 27.2. The van der Waals surface area contributed by atoms with Gasteiger partial charge in [0.05, 0.1) is 17.4 Å². The van der Waals surface area contributed by atoms with Crippen LogP contribution in [0.3, 0.4) is 0 Å². The number of allylic oxidation sites excluding steroid dienone is 5. The molecule has 1 aliphatic carbocycles. The average Bonchev–Trinajstić information content (AvgIpc) is 2.97. The number of ether oxygens (including phenoxy) is 1. The number of hydrogen-bond donors (Lipinski definition) is 0. The van der Waals surface area contributed by atoms with E-state index in [1.165, 1.54) is 5.57 Å². The van der Waals surface area contributed by atoms with Crippen molar-refractivity contribution in [2.75, 3.05) is 44.2 Å². The van der Waals surface area contributed by atoms with Gasteiger partial charge in [0.2, 0.25) is 0 Å². The lowest BCUT2D eigenvalue weighted by Gasteiger charge is -2.37. The Labute approximate surface area is 190 Å². The van der Waals surface area contributed by atoms with E-state index >= 15 is 0 Å². The molecule has 1 aromatic rings. The maximum absolute atomic E-state index is 12.1. The molecule has 172 valence electrons. The van der Waals surface area contributed by atoms with Crippen molar-refractivity contribution >= 4 is 17.7 Å². The molecule has 1 unspecified atom stereocenters. The molecule has 0 spiro atoms. The minimum absolute atomic E-state index is 0.107. The normalized spacial score (nSPS) is 19.7. The summed E-state index contributed by atoms with van der Waals surface area (Å²) in [7, 11) is 0. The lowest BCUT2D eigenvalue weighted by molar-refractivity contribution is -0.384. The second-order valence-electron chi connectivity index (χ2n) is 8.61. The summed E-state index contributed by atoms with van der Waals surface area (Å²) < 4.78 is 5.99. The van der Waals surface area contributed by atoms with Crippen LogP contribution in [0.5, 0.6) is 0 Å². The molecule has 1 saturated heterocycles. The number of anilines is 1. The predicted octanol–water partition coefficient (Wildman–Crippen LogP) is 4.36. The number of hydrogen-bond acceptors (Lipinski definition) is 6. The zero-order valence-corrected chi connectivity index (χ0v) is 19.2. The Kier molecular flexibility index (Phi) is 8.22. The maximum atomic E-state index is 12.1. The van der Waals surface area contributed by atoms with E-state index < -0.39 is 0 Å². The minimum Gasteiger partial charge on any atom is -0.497 e. The SMILES string of the molecule is CCCOC1=CC(C(C)C)=CC=C(CN2CCN(c3ccc([N+](=O)[O-])cc3)CC2)C1C=O. The Bertz CT molecular complexity index is 894. The van der Waals surface area contributed by atoms with Gasteiger partial charge in [-0.1, -0.05) is 32.9 Å². The van der Waals surface area contributed by atoms with Gasteiger partial charge in [0.15, 0.2) is 0 Å². The quantitative estimate of drug-likeness (QED) is 0.323. The van der Waals surface area contributed by atoms with Crippen LogP contribution in [0.4, 0.5) is 11.4 Å². The van der Waals surface area contributed by atoms with Crippen molar-refractivity contribution in [1.82, 2.24) is 4.90 Å². The molecule has 1 fully saturated rings. The first-order chi connectivity index (χ1) is 15.4. The van der Waals surface area contributed by atoms with Gasteiger partial charge >= 0.3 is 0 Å². The molecule has 1 heterocycles. The second kappa shape index (κ2) is 11.1. The molecule has 7 nitrogen and oxygen atoms in total.